The van der Waals surface area contributed by atoms with Gasteiger partial charge in [-0.3, -0.25) is 9.21 Å². The first-order chi connectivity index (χ1) is 10.5. The average Bonchev–Trinajstić information content (AvgIpc) is 2.67. The molecule has 1 aliphatic rings. The Bertz CT molecular complexity index is 744. The number of rotatable bonds is 3. The van der Waals surface area contributed by atoms with Crippen molar-refractivity contribution >= 4 is 15.7 Å². The Labute approximate surface area is 132 Å². The molecule has 0 amide bonds. The molecule has 0 bridgehead atoms. The Morgan fingerprint density at radius 1 is 0.955 bits per heavy atom. The second kappa shape index (κ2) is 6.10. The number of anilines is 1. The minimum absolute atomic E-state index is 0.489. The Morgan fingerprint density at radius 3 is 2.36 bits per heavy atom. The molecule has 5 heteroatoms. The number of hydrogen-bond acceptors (Lipinski definition) is 3. The van der Waals surface area contributed by atoms with E-state index in [-0.39, 0.29) is 0 Å². The van der Waals surface area contributed by atoms with Crippen LogP contribution >= 0.6 is 0 Å². The highest BCUT2D eigenvalue weighted by Crippen LogP contribution is 2.27. The molecular weight excluding hydrogens is 296 g/mol. The van der Waals surface area contributed by atoms with Gasteiger partial charge in [-0.2, -0.15) is 0 Å². The van der Waals surface area contributed by atoms with Crippen LogP contribution in [0.2, 0.25) is 0 Å². The second-order valence-electron chi connectivity index (χ2n) is 5.66. The van der Waals surface area contributed by atoms with Crippen LogP contribution in [0.1, 0.15) is 11.1 Å². The zero-order chi connectivity index (χ0) is 15.6. The summed E-state index contributed by atoms with van der Waals surface area (Å²) in [5.41, 5.74) is 3.11. The van der Waals surface area contributed by atoms with Crippen LogP contribution in [0.15, 0.2) is 54.6 Å². The number of sulfonamides is 1. The first kappa shape index (κ1) is 15.1. The maximum atomic E-state index is 12.1. The van der Waals surface area contributed by atoms with E-state index in [9.17, 15) is 8.42 Å². The number of benzene rings is 2. The first-order valence-corrected chi connectivity index (χ1v) is 9.21. The summed E-state index contributed by atoms with van der Waals surface area (Å²) in [4.78, 5) is 2.29. The lowest BCUT2D eigenvalue weighted by atomic mass is 10.1. The van der Waals surface area contributed by atoms with Crippen LogP contribution in [0.25, 0.3) is 0 Å². The molecule has 2 aromatic carbocycles. The van der Waals surface area contributed by atoms with Gasteiger partial charge in [0.1, 0.15) is 0 Å². The molecule has 0 fully saturated rings. The third-order valence-corrected chi connectivity index (χ3v) is 5.10. The van der Waals surface area contributed by atoms with Crippen molar-refractivity contribution in [2.24, 2.45) is 0 Å². The minimum atomic E-state index is -3.25. The van der Waals surface area contributed by atoms with Gasteiger partial charge < -0.3 is 0 Å². The topological polar surface area (TPSA) is 40.6 Å². The molecule has 3 rings (SSSR count). The summed E-state index contributed by atoms with van der Waals surface area (Å²) in [6.45, 7) is 2.79. The van der Waals surface area contributed by atoms with E-state index in [1.165, 1.54) is 16.1 Å². The Balaban J connectivity index is 1.89. The molecule has 0 atom stereocenters. The van der Waals surface area contributed by atoms with E-state index in [0.717, 1.165) is 30.9 Å². The van der Waals surface area contributed by atoms with Gasteiger partial charge in [0.15, 0.2) is 0 Å². The molecule has 0 unspecified atom stereocenters. The van der Waals surface area contributed by atoms with Crippen molar-refractivity contribution in [3.05, 3.63) is 65.7 Å². The standard InChI is InChI=1S/C17H20N2O2S/c1-22(20,21)19-12-11-18(13-15-7-3-2-4-8-15)14-16-9-5-6-10-17(16)19/h2-10H,11-14H2,1H3. The molecule has 1 aliphatic heterocycles. The predicted octanol–water partition coefficient (Wildman–Crippen LogP) is 2.47. The SMILES string of the molecule is CS(=O)(=O)N1CCN(Cc2ccccc2)Cc2ccccc21. The molecular formula is C17H20N2O2S. The normalized spacial score (nSPS) is 16.1. The largest absolute Gasteiger partial charge is 0.293 e. The van der Waals surface area contributed by atoms with Crippen molar-refractivity contribution in [2.75, 3.05) is 23.7 Å². The van der Waals surface area contributed by atoms with Crippen molar-refractivity contribution in [1.82, 2.24) is 4.90 Å². The van der Waals surface area contributed by atoms with Gasteiger partial charge in [0.25, 0.3) is 0 Å². The summed E-state index contributed by atoms with van der Waals surface area (Å²) in [7, 11) is -3.25. The molecule has 22 heavy (non-hydrogen) atoms. The molecule has 1 heterocycles. The Morgan fingerprint density at radius 2 is 1.64 bits per heavy atom. The highest BCUT2D eigenvalue weighted by Gasteiger charge is 2.25. The summed E-state index contributed by atoms with van der Waals surface area (Å²) in [6.07, 6.45) is 1.27. The highest BCUT2D eigenvalue weighted by atomic mass is 32.2. The minimum Gasteiger partial charge on any atom is -0.293 e. The zero-order valence-corrected chi connectivity index (χ0v) is 13.5. The van der Waals surface area contributed by atoms with Gasteiger partial charge in [-0.1, -0.05) is 48.5 Å². The van der Waals surface area contributed by atoms with E-state index in [0.29, 0.717) is 6.54 Å². The fourth-order valence-corrected chi connectivity index (χ4v) is 3.83. The number of para-hydroxylation sites is 1. The maximum absolute atomic E-state index is 12.1. The fraction of sp³-hybridized carbons (Fsp3) is 0.294. The van der Waals surface area contributed by atoms with Gasteiger partial charge in [0.05, 0.1) is 11.9 Å². The van der Waals surface area contributed by atoms with Gasteiger partial charge >= 0.3 is 0 Å². The van der Waals surface area contributed by atoms with Crippen molar-refractivity contribution in [3.8, 4) is 0 Å². The molecule has 0 radical (unpaired) electrons. The van der Waals surface area contributed by atoms with Gasteiger partial charge in [-0.05, 0) is 17.2 Å². The quantitative estimate of drug-likeness (QED) is 0.873. The third kappa shape index (κ3) is 3.31. The molecule has 0 saturated heterocycles. The van der Waals surface area contributed by atoms with Crippen molar-refractivity contribution in [2.45, 2.75) is 13.1 Å². The lowest BCUT2D eigenvalue weighted by molar-refractivity contribution is 0.270. The van der Waals surface area contributed by atoms with Gasteiger partial charge in [-0.15, -0.1) is 0 Å². The fourth-order valence-electron chi connectivity index (χ4n) is 2.88. The molecule has 0 aromatic heterocycles. The van der Waals surface area contributed by atoms with Crippen LogP contribution in [0.3, 0.4) is 0 Å². The average molecular weight is 316 g/mol. The van der Waals surface area contributed by atoms with Crippen LogP contribution in [-0.4, -0.2) is 32.7 Å². The summed E-state index contributed by atoms with van der Waals surface area (Å²) in [6, 6.07) is 18.0. The lowest BCUT2D eigenvalue weighted by Crippen LogP contribution is -2.35. The second-order valence-corrected chi connectivity index (χ2v) is 7.57. The summed E-state index contributed by atoms with van der Waals surface area (Å²) in [5, 5.41) is 0. The molecule has 4 nitrogen and oxygen atoms in total. The predicted molar refractivity (Wildman–Crippen MR) is 89.2 cm³/mol. The molecule has 116 valence electrons. The van der Waals surface area contributed by atoms with Gasteiger partial charge in [0.2, 0.25) is 10.0 Å². The van der Waals surface area contributed by atoms with Crippen molar-refractivity contribution in [3.63, 3.8) is 0 Å². The molecule has 2 aromatic rings. The lowest BCUT2D eigenvalue weighted by Gasteiger charge is -2.22. The van der Waals surface area contributed by atoms with E-state index in [1.54, 1.807) is 0 Å². The molecule has 0 spiro atoms. The van der Waals surface area contributed by atoms with E-state index in [2.05, 4.69) is 17.0 Å². The Hall–Kier alpha value is -1.85. The van der Waals surface area contributed by atoms with Crippen LogP contribution in [0, 0.1) is 0 Å². The summed E-state index contributed by atoms with van der Waals surface area (Å²) >= 11 is 0. The van der Waals surface area contributed by atoms with Crippen LogP contribution in [0.5, 0.6) is 0 Å². The van der Waals surface area contributed by atoms with Crippen LogP contribution < -0.4 is 4.31 Å². The van der Waals surface area contributed by atoms with Gasteiger partial charge in [-0.25, -0.2) is 8.42 Å². The third-order valence-electron chi connectivity index (χ3n) is 3.92. The molecule has 0 saturated carbocycles. The van der Waals surface area contributed by atoms with Gasteiger partial charge in [0, 0.05) is 26.2 Å². The number of hydrogen-bond donors (Lipinski definition) is 0. The van der Waals surface area contributed by atoms with E-state index in [1.807, 2.05) is 42.5 Å². The highest BCUT2D eigenvalue weighted by molar-refractivity contribution is 7.92. The molecule has 0 N–H and O–H groups in total. The van der Waals surface area contributed by atoms with E-state index < -0.39 is 10.0 Å². The Kier molecular flexibility index (Phi) is 4.18. The zero-order valence-electron chi connectivity index (χ0n) is 12.6. The van der Waals surface area contributed by atoms with E-state index >= 15 is 0 Å². The first-order valence-electron chi connectivity index (χ1n) is 7.36. The summed E-state index contributed by atoms with van der Waals surface area (Å²) < 4.78 is 25.7. The smallest absolute Gasteiger partial charge is 0.232 e. The molecule has 0 aliphatic carbocycles. The number of nitrogens with zero attached hydrogens (tertiary/aromatic N) is 2. The van der Waals surface area contributed by atoms with Crippen LogP contribution in [0.4, 0.5) is 5.69 Å². The number of fused-ring (bicyclic) bond motifs is 1. The summed E-state index contributed by atoms with van der Waals surface area (Å²) in [5.74, 6) is 0. The van der Waals surface area contributed by atoms with E-state index in [4.69, 9.17) is 0 Å². The van der Waals surface area contributed by atoms with Crippen LogP contribution in [-0.2, 0) is 23.1 Å². The van der Waals surface area contributed by atoms with Crippen molar-refractivity contribution < 1.29 is 8.42 Å². The maximum Gasteiger partial charge on any atom is 0.232 e. The monoisotopic (exact) mass is 316 g/mol. The van der Waals surface area contributed by atoms with Crippen molar-refractivity contribution in [1.29, 1.82) is 0 Å².